The third-order valence-corrected chi connectivity index (χ3v) is 10.1. The van der Waals surface area contributed by atoms with Crippen molar-refractivity contribution in [3.05, 3.63) is 93.8 Å². The summed E-state index contributed by atoms with van der Waals surface area (Å²) in [5.41, 5.74) is 4.09. The molecule has 43 heavy (non-hydrogen) atoms. The molecule has 0 amide bonds. The minimum absolute atomic E-state index is 0.0972. The zero-order valence-corrected chi connectivity index (χ0v) is 25.0. The first-order valence-electron chi connectivity index (χ1n) is 15.2. The van der Waals surface area contributed by atoms with Crippen molar-refractivity contribution in [1.82, 2.24) is 4.98 Å². The van der Waals surface area contributed by atoms with Crippen LogP contribution in [-0.2, 0) is 16.6 Å². The summed E-state index contributed by atoms with van der Waals surface area (Å²) >= 11 is 6.17. The minimum Gasteiger partial charge on any atom is -0.493 e. The van der Waals surface area contributed by atoms with Crippen molar-refractivity contribution in [3.8, 4) is 5.75 Å². The predicted octanol–water partition coefficient (Wildman–Crippen LogP) is 8.67. The van der Waals surface area contributed by atoms with Crippen molar-refractivity contribution >= 4 is 29.3 Å². The van der Waals surface area contributed by atoms with E-state index in [9.17, 15) is 18.7 Å². The van der Waals surface area contributed by atoms with Crippen LogP contribution in [0, 0.1) is 5.92 Å². The number of hydrogen-bond donors (Lipinski definition) is 2. The number of anilines is 1. The number of allylic oxidation sites excluding steroid dienone is 1. The number of pyridine rings is 1. The third kappa shape index (κ3) is 5.64. The first-order chi connectivity index (χ1) is 20.7. The van der Waals surface area contributed by atoms with E-state index >= 15 is 0 Å². The fourth-order valence-corrected chi connectivity index (χ4v) is 7.70. The summed E-state index contributed by atoms with van der Waals surface area (Å²) in [6.45, 7) is 2.04. The normalized spacial score (nSPS) is 25.1. The molecule has 226 valence electrons. The maximum atomic E-state index is 14.6. The smallest absolute Gasteiger partial charge is 0.329 e. The molecule has 1 aromatic heterocycles. The molecule has 1 unspecified atom stereocenters. The van der Waals surface area contributed by atoms with Gasteiger partial charge in [0, 0.05) is 33.6 Å². The Labute approximate surface area is 256 Å². The Hall–Kier alpha value is -3.45. The first kappa shape index (κ1) is 29.6. The van der Waals surface area contributed by atoms with Gasteiger partial charge in [-0.3, -0.25) is 4.98 Å². The van der Waals surface area contributed by atoms with E-state index in [0.29, 0.717) is 42.1 Å². The van der Waals surface area contributed by atoms with Gasteiger partial charge in [0.2, 0.25) is 6.43 Å². The van der Waals surface area contributed by atoms with Crippen LogP contribution >= 0.6 is 11.6 Å². The average molecular weight is 607 g/mol. The van der Waals surface area contributed by atoms with Crippen molar-refractivity contribution in [1.29, 1.82) is 0 Å². The molecule has 3 aliphatic carbocycles. The van der Waals surface area contributed by atoms with Gasteiger partial charge in [-0.15, -0.1) is 0 Å². The first-order valence-corrected chi connectivity index (χ1v) is 15.5. The number of ether oxygens (including phenoxy) is 1. The molecule has 8 heteroatoms. The summed E-state index contributed by atoms with van der Waals surface area (Å²) in [6.07, 6.45) is 6.11. The molecule has 3 aliphatic rings. The molecule has 0 radical (unpaired) electrons. The average Bonchev–Trinajstić information content (AvgIpc) is 3.28. The minimum atomic E-state index is -2.57. The van der Waals surface area contributed by atoms with Gasteiger partial charge >= 0.3 is 5.97 Å². The molecule has 2 aromatic carbocycles. The molecule has 1 saturated carbocycles. The Morgan fingerprint density at radius 3 is 2.67 bits per heavy atom. The highest BCUT2D eigenvalue weighted by Crippen LogP contribution is 2.55. The zero-order valence-electron chi connectivity index (χ0n) is 24.3. The lowest BCUT2D eigenvalue weighted by molar-refractivity contribution is -0.143. The van der Waals surface area contributed by atoms with Gasteiger partial charge in [0.05, 0.1) is 12.5 Å². The van der Waals surface area contributed by atoms with E-state index in [-0.39, 0.29) is 18.9 Å². The molecule has 2 N–H and O–H groups in total. The van der Waals surface area contributed by atoms with E-state index in [1.807, 2.05) is 24.3 Å². The Kier molecular flexibility index (Phi) is 8.20. The van der Waals surface area contributed by atoms with Gasteiger partial charge < -0.3 is 15.2 Å². The molecule has 6 rings (SSSR count). The third-order valence-electron chi connectivity index (χ3n) is 9.86. The molecular formula is C35H37ClF2N2O3. The highest BCUT2D eigenvalue weighted by molar-refractivity contribution is 6.30. The second-order valence-corrected chi connectivity index (χ2v) is 12.9. The van der Waals surface area contributed by atoms with Gasteiger partial charge in [0.1, 0.15) is 11.3 Å². The van der Waals surface area contributed by atoms with E-state index in [2.05, 4.69) is 29.4 Å². The SMILES string of the molecule is C[C@@H]1CCCc2nccc(OCC(CC3=Cc4ccccc4C34CCC(Nc3cccc(Cl)c3)(C(=O)O)CC4)C(F)F)c21. The fourth-order valence-electron chi connectivity index (χ4n) is 7.51. The molecular weight excluding hydrogens is 570 g/mol. The number of carboxylic acid groups (broad SMARTS) is 1. The molecule has 0 aliphatic heterocycles. The Morgan fingerprint density at radius 2 is 1.93 bits per heavy atom. The second kappa shape index (κ2) is 11.9. The molecule has 0 bridgehead atoms. The molecule has 0 saturated heterocycles. The van der Waals surface area contributed by atoms with Crippen LogP contribution in [0.1, 0.15) is 80.2 Å². The van der Waals surface area contributed by atoms with Gasteiger partial charge in [-0.1, -0.05) is 60.5 Å². The van der Waals surface area contributed by atoms with E-state index in [1.165, 1.54) is 0 Å². The number of carboxylic acids is 1. The lowest BCUT2D eigenvalue weighted by atomic mass is 9.61. The second-order valence-electron chi connectivity index (χ2n) is 12.4. The summed E-state index contributed by atoms with van der Waals surface area (Å²) in [5, 5.41) is 14.2. The van der Waals surface area contributed by atoms with Crippen molar-refractivity contribution in [2.24, 2.45) is 5.92 Å². The summed E-state index contributed by atoms with van der Waals surface area (Å²) < 4.78 is 35.4. The predicted molar refractivity (Wildman–Crippen MR) is 165 cm³/mol. The quantitative estimate of drug-likeness (QED) is 0.255. The molecule has 5 nitrogen and oxygen atoms in total. The van der Waals surface area contributed by atoms with Crippen LogP contribution < -0.4 is 10.1 Å². The molecule has 3 aromatic rings. The number of fused-ring (bicyclic) bond motifs is 3. The van der Waals surface area contributed by atoms with Crippen LogP contribution in [0.15, 0.2) is 66.4 Å². The van der Waals surface area contributed by atoms with E-state index in [4.69, 9.17) is 16.3 Å². The van der Waals surface area contributed by atoms with E-state index in [1.54, 1.807) is 30.5 Å². The van der Waals surface area contributed by atoms with Gasteiger partial charge in [0.15, 0.2) is 0 Å². The van der Waals surface area contributed by atoms with Crippen LogP contribution in [0.4, 0.5) is 14.5 Å². The van der Waals surface area contributed by atoms with Crippen molar-refractivity contribution < 1.29 is 23.4 Å². The summed E-state index contributed by atoms with van der Waals surface area (Å²) in [7, 11) is 0. The summed E-state index contributed by atoms with van der Waals surface area (Å²) in [4.78, 5) is 17.2. The van der Waals surface area contributed by atoms with Crippen LogP contribution in [0.2, 0.25) is 5.02 Å². The maximum absolute atomic E-state index is 14.6. The summed E-state index contributed by atoms with van der Waals surface area (Å²) in [5.74, 6) is -0.980. The number of halogens is 3. The zero-order chi connectivity index (χ0) is 30.2. The largest absolute Gasteiger partial charge is 0.493 e. The Morgan fingerprint density at radius 1 is 1.14 bits per heavy atom. The molecule has 1 fully saturated rings. The van der Waals surface area contributed by atoms with Gasteiger partial charge in [-0.2, -0.15) is 0 Å². The molecule has 1 heterocycles. The Bertz CT molecular complexity index is 1530. The van der Waals surface area contributed by atoms with Crippen molar-refractivity contribution in [2.75, 3.05) is 11.9 Å². The molecule has 2 atom stereocenters. The number of aliphatic carboxylic acids is 1. The van der Waals surface area contributed by atoms with E-state index < -0.39 is 29.3 Å². The molecule has 1 spiro atoms. The number of benzene rings is 2. The van der Waals surface area contributed by atoms with Crippen molar-refractivity contribution in [2.45, 2.75) is 81.6 Å². The van der Waals surface area contributed by atoms with Gasteiger partial charge in [-0.05, 0) is 92.7 Å². The van der Waals surface area contributed by atoms with Gasteiger partial charge in [0.25, 0.3) is 0 Å². The maximum Gasteiger partial charge on any atom is 0.329 e. The van der Waals surface area contributed by atoms with Gasteiger partial charge in [-0.25, -0.2) is 13.6 Å². The topological polar surface area (TPSA) is 71.5 Å². The van der Waals surface area contributed by atoms with Crippen LogP contribution in [-0.4, -0.2) is 34.6 Å². The highest BCUT2D eigenvalue weighted by Gasteiger charge is 2.52. The Balaban J connectivity index is 1.24. The number of hydrogen-bond acceptors (Lipinski definition) is 4. The number of nitrogens with one attached hydrogen (secondary N) is 1. The lowest BCUT2D eigenvalue weighted by Crippen LogP contribution is -2.52. The highest BCUT2D eigenvalue weighted by atomic mass is 35.5. The number of aromatic nitrogens is 1. The number of alkyl halides is 2. The number of nitrogens with zero attached hydrogens (tertiary/aromatic N) is 1. The van der Waals surface area contributed by atoms with Crippen LogP contribution in [0.3, 0.4) is 0 Å². The lowest BCUT2D eigenvalue weighted by Gasteiger charge is -2.46. The monoisotopic (exact) mass is 606 g/mol. The number of rotatable bonds is 9. The van der Waals surface area contributed by atoms with Crippen LogP contribution in [0.25, 0.3) is 6.08 Å². The number of aryl methyl sites for hydroxylation is 1. The standard InChI is InChI=1S/C35H37ClF2N2O3/c1-22-6-4-11-29-31(22)30(12-17-39-29)43-21-24(32(37)38)19-25-18-23-7-2-3-10-28(23)34(25)13-15-35(16-14-34,33(41)42)40-27-9-5-8-26(36)20-27/h2-3,5,7-10,12,17-18,20,22,24,32,40H,4,6,11,13-16,19,21H2,1H3,(H,41,42)/t22-,24?,34?,35?/m1/s1. The summed E-state index contributed by atoms with van der Waals surface area (Å²) in [6, 6.07) is 16.9. The number of carbonyl (C=O) groups is 1. The van der Waals surface area contributed by atoms with E-state index in [0.717, 1.165) is 47.2 Å². The van der Waals surface area contributed by atoms with Crippen molar-refractivity contribution in [3.63, 3.8) is 0 Å². The fraction of sp³-hybridized carbons (Fsp3) is 0.429. The van der Waals surface area contributed by atoms with Crippen LogP contribution in [0.5, 0.6) is 5.75 Å².